The van der Waals surface area contributed by atoms with E-state index in [4.69, 9.17) is 0 Å². The van der Waals surface area contributed by atoms with Gasteiger partial charge in [-0.05, 0) is 122 Å². The lowest BCUT2D eigenvalue weighted by molar-refractivity contribution is -0.140. The Balaban J connectivity index is 1.27. The molecule has 0 bridgehead atoms. The van der Waals surface area contributed by atoms with Gasteiger partial charge >= 0.3 is 0 Å². The minimum Gasteiger partial charge on any atom is -0.378 e. The van der Waals surface area contributed by atoms with E-state index in [0.29, 0.717) is 16.7 Å². The second-order valence-electron chi connectivity index (χ2n) is 14.5. The molecule has 0 heterocycles. The van der Waals surface area contributed by atoms with Gasteiger partial charge in [0.1, 0.15) is 5.60 Å². The SMILES string of the molecule is CC(C)CCC[C@H](C)[C@H]1CC[C@H]2[C@H]3CC[C@H]4C[C@@](O)(C#Cc5ccccc5)CC[C@]4(C)[C@@H]3CC[C@]12C. The molecular formula is C35H52O. The van der Waals surface area contributed by atoms with Crippen LogP contribution in [0.4, 0.5) is 0 Å². The normalized spacial score (nSPS) is 42.6. The average molecular weight is 489 g/mol. The summed E-state index contributed by atoms with van der Waals surface area (Å²) in [7, 11) is 0. The predicted molar refractivity (Wildman–Crippen MR) is 151 cm³/mol. The topological polar surface area (TPSA) is 20.2 Å². The maximum atomic E-state index is 11.5. The maximum absolute atomic E-state index is 11.5. The molecule has 0 unspecified atom stereocenters. The molecule has 1 aromatic carbocycles. The Labute approximate surface area is 222 Å². The van der Waals surface area contributed by atoms with Crippen molar-refractivity contribution >= 4 is 0 Å². The van der Waals surface area contributed by atoms with Gasteiger partial charge in [0, 0.05) is 5.56 Å². The van der Waals surface area contributed by atoms with Crippen LogP contribution >= 0.6 is 0 Å². The van der Waals surface area contributed by atoms with E-state index in [0.717, 1.165) is 60.3 Å². The highest BCUT2D eigenvalue weighted by Gasteiger charge is 2.61. The third-order valence-electron chi connectivity index (χ3n) is 12.1. The van der Waals surface area contributed by atoms with Gasteiger partial charge in [0.05, 0.1) is 0 Å². The predicted octanol–water partition coefficient (Wildman–Crippen LogP) is 8.89. The van der Waals surface area contributed by atoms with Crippen LogP contribution in [-0.4, -0.2) is 10.7 Å². The number of hydrogen-bond acceptors (Lipinski definition) is 1. The third-order valence-corrected chi connectivity index (χ3v) is 12.1. The lowest BCUT2D eigenvalue weighted by atomic mass is 9.43. The molecule has 4 aliphatic carbocycles. The third kappa shape index (κ3) is 4.82. The van der Waals surface area contributed by atoms with Gasteiger partial charge in [-0.2, -0.15) is 0 Å². The van der Waals surface area contributed by atoms with Crippen molar-refractivity contribution in [3.05, 3.63) is 35.9 Å². The molecule has 0 amide bonds. The van der Waals surface area contributed by atoms with Crippen LogP contribution in [0.1, 0.15) is 117 Å². The summed E-state index contributed by atoms with van der Waals surface area (Å²) < 4.78 is 0. The zero-order valence-electron chi connectivity index (χ0n) is 23.9. The summed E-state index contributed by atoms with van der Waals surface area (Å²) in [5.74, 6) is 12.6. The Morgan fingerprint density at radius 3 is 2.36 bits per heavy atom. The van der Waals surface area contributed by atoms with Crippen LogP contribution < -0.4 is 0 Å². The molecule has 1 heteroatoms. The zero-order chi connectivity index (χ0) is 25.6. The maximum Gasteiger partial charge on any atom is 0.126 e. The summed E-state index contributed by atoms with van der Waals surface area (Å²) in [5, 5.41) is 11.5. The first-order valence-corrected chi connectivity index (χ1v) is 15.5. The van der Waals surface area contributed by atoms with E-state index in [9.17, 15) is 5.11 Å². The fraction of sp³-hybridized carbons (Fsp3) is 0.771. The monoisotopic (exact) mass is 488 g/mol. The first kappa shape index (κ1) is 26.4. The molecule has 4 aliphatic rings. The minimum absolute atomic E-state index is 0.395. The molecule has 0 aromatic heterocycles. The first-order chi connectivity index (χ1) is 17.1. The summed E-state index contributed by atoms with van der Waals surface area (Å²) in [5.41, 5.74) is 1.17. The van der Waals surface area contributed by atoms with E-state index in [-0.39, 0.29) is 0 Å². The molecule has 0 aliphatic heterocycles. The van der Waals surface area contributed by atoms with Gasteiger partial charge in [0.15, 0.2) is 0 Å². The molecule has 5 rings (SSSR count). The molecule has 0 radical (unpaired) electrons. The highest BCUT2D eigenvalue weighted by atomic mass is 16.3. The van der Waals surface area contributed by atoms with Crippen molar-refractivity contribution in [2.24, 2.45) is 52.3 Å². The van der Waals surface area contributed by atoms with Crippen LogP contribution in [0.15, 0.2) is 30.3 Å². The average Bonchev–Trinajstić information content (AvgIpc) is 3.21. The van der Waals surface area contributed by atoms with E-state index in [2.05, 4.69) is 46.5 Å². The number of aliphatic hydroxyl groups is 1. The number of fused-ring (bicyclic) bond motifs is 5. The molecular weight excluding hydrogens is 436 g/mol. The van der Waals surface area contributed by atoms with E-state index < -0.39 is 5.60 Å². The Morgan fingerprint density at radius 2 is 1.61 bits per heavy atom. The number of benzene rings is 1. The van der Waals surface area contributed by atoms with Gasteiger partial charge in [-0.1, -0.05) is 83.9 Å². The molecule has 9 atom stereocenters. The summed E-state index contributed by atoms with van der Waals surface area (Å²) in [6.07, 6.45) is 15.6. The molecule has 1 nitrogen and oxygen atoms in total. The smallest absolute Gasteiger partial charge is 0.126 e. The fourth-order valence-corrected chi connectivity index (χ4v) is 10.1. The van der Waals surface area contributed by atoms with E-state index in [1.54, 1.807) is 0 Å². The molecule has 4 fully saturated rings. The fourth-order valence-electron chi connectivity index (χ4n) is 10.1. The van der Waals surface area contributed by atoms with Crippen LogP contribution in [0, 0.1) is 64.1 Å². The van der Waals surface area contributed by atoms with Gasteiger partial charge in [-0.3, -0.25) is 0 Å². The second-order valence-corrected chi connectivity index (χ2v) is 14.5. The standard InChI is InChI=1S/C35H52O/c1-25(2)10-9-11-26(3)30-16-17-31-29-15-14-28-24-35(36,21-18-27-12-7-6-8-13-27)23-22-33(28,4)32(29)19-20-34(30,31)5/h6-8,12-13,25-26,28-32,36H,9-11,14-17,19-20,22-24H2,1-5H3/t26-,28-,29+,30+,31-,32+,33-,34+,35+/m0/s1. The van der Waals surface area contributed by atoms with Crippen LogP contribution in [-0.2, 0) is 0 Å². The molecule has 1 aromatic rings. The van der Waals surface area contributed by atoms with Crippen LogP contribution in [0.3, 0.4) is 0 Å². The molecule has 0 spiro atoms. The van der Waals surface area contributed by atoms with Crippen molar-refractivity contribution in [1.29, 1.82) is 0 Å². The number of hydrogen-bond donors (Lipinski definition) is 1. The molecule has 1 N–H and O–H groups in total. The van der Waals surface area contributed by atoms with Gasteiger partial charge in [-0.15, -0.1) is 0 Å². The van der Waals surface area contributed by atoms with Gasteiger partial charge < -0.3 is 5.11 Å². The molecule has 0 saturated heterocycles. The summed E-state index contributed by atoms with van der Waals surface area (Å²) in [4.78, 5) is 0. The molecule has 4 saturated carbocycles. The highest BCUT2D eigenvalue weighted by Crippen LogP contribution is 2.68. The highest BCUT2D eigenvalue weighted by molar-refractivity contribution is 5.36. The van der Waals surface area contributed by atoms with Crippen LogP contribution in [0.5, 0.6) is 0 Å². The van der Waals surface area contributed by atoms with Crippen molar-refractivity contribution in [3.63, 3.8) is 0 Å². The van der Waals surface area contributed by atoms with Crippen molar-refractivity contribution in [2.45, 2.75) is 117 Å². The van der Waals surface area contributed by atoms with Gasteiger partial charge in [-0.25, -0.2) is 0 Å². The number of rotatable bonds is 5. The summed E-state index contributed by atoms with van der Waals surface area (Å²) in [6.45, 7) is 12.6. The van der Waals surface area contributed by atoms with E-state index in [1.165, 1.54) is 57.8 Å². The van der Waals surface area contributed by atoms with E-state index in [1.807, 2.05) is 30.3 Å². The lowest BCUT2D eigenvalue weighted by Gasteiger charge is -2.62. The van der Waals surface area contributed by atoms with Crippen molar-refractivity contribution in [1.82, 2.24) is 0 Å². The lowest BCUT2D eigenvalue weighted by Crippen LogP contribution is -2.55. The van der Waals surface area contributed by atoms with Crippen LogP contribution in [0.25, 0.3) is 0 Å². The zero-order valence-corrected chi connectivity index (χ0v) is 23.9. The van der Waals surface area contributed by atoms with Crippen LogP contribution in [0.2, 0.25) is 0 Å². The molecule has 198 valence electrons. The van der Waals surface area contributed by atoms with Crippen molar-refractivity contribution < 1.29 is 5.11 Å². The van der Waals surface area contributed by atoms with Gasteiger partial charge in [0.2, 0.25) is 0 Å². The molecule has 36 heavy (non-hydrogen) atoms. The quantitative estimate of drug-likeness (QED) is 0.410. The second kappa shape index (κ2) is 10.1. The summed E-state index contributed by atoms with van der Waals surface area (Å²) >= 11 is 0. The Kier molecular flexibility index (Phi) is 7.42. The Hall–Kier alpha value is -1.26. The van der Waals surface area contributed by atoms with Gasteiger partial charge in [0.25, 0.3) is 0 Å². The largest absolute Gasteiger partial charge is 0.378 e. The Bertz CT molecular complexity index is 954. The summed E-state index contributed by atoms with van der Waals surface area (Å²) in [6, 6.07) is 10.2. The minimum atomic E-state index is -0.806. The first-order valence-electron chi connectivity index (χ1n) is 15.5. The van der Waals surface area contributed by atoms with E-state index >= 15 is 0 Å². The van der Waals surface area contributed by atoms with Crippen molar-refractivity contribution in [3.8, 4) is 11.8 Å². The van der Waals surface area contributed by atoms with Crippen molar-refractivity contribution in [2.75, 3.05) is 0 Å². The Morgan fingerprint density at radius 1 is 0.861 bits per heavy atom.